The van der Waals surface area contributed by atoms with Gasteiger partial charge in [-0.05, 0) is 6.92 Å². The smallest absolute Gasteiger partial charge is 0.435 e. The van der Waals surface area contributed by atoms with Crippen LogP contribution in [0.2, 0.25) is 0 Å². The molecule has 0 aliphatic rings. The summed E-state index contributed by atoms with van der Waals surface area (Å²) in [5.41, 5.74) is 0. The van der Waals surface area contributed by atoms with E-state index < -0.39 is 6.16 Å². The van der Waals surface area contributed by atoms with Crippen molar-refractivity contribution in [3.63, 3.8) is 0 Å². The predicted octanol–water partition coefficient (Wildman–Crippen LogP) is 1.41. The summed E-state index contributed by atoms with van der Waals surface area (Å²) in [6.07, 6.45) is -0.660. The van der Waals surface area contributed by atoms with E-state index in [0.29, 0.717) is 25.7 Å². The Morgan fingerprint density at radius 2 is 2.00 bits per heavy atom. The first kappa shape index (κ1) is 11.5. The summed E-state index contributed by atoms with van der Waals surface area (Å²) in [5.74, 6) is 0.444. The largest absolute Gasteiger partial charge is 0.508 e. The molecular weight excluding hydrogens is 184 g/mol. The summed E-state index contributed by atoms with van der Waals surface area (Å²) >= 11 is 5.34. The maximum atomic E-state index is 10.5. The zero-order valence-corrected chi connectivity index (χ0v) is 7.80. The highest BCUT2D eigenvalue weighted by molar-refractivity contribution is 6.17. The van der Waals surface area contributed by atoms with E-state index in [2.05, 4.69) is 9.47 Å². The molecule has 0 atom stereocenters. The topological polar surface area (TPSA) is 44.8 Å². The van der Waals surface area contributed by atoms with Crippen LogP contribution in [0.15, 0.2) is 0 Å². The molecule has 12 heavy (non-hydrogen) atoms. The molecule has 0 aliphatic carbocycles. The monoisotopic (exact) mass is 196 g/mol. The van der Waals surface area contributed by atoms with Crippen LogP contribution in [0.25, 0.3) is 0 Å². The quantitative estimate of drug-likeness (QED) is 0.366. The second-order valence-electron chi connectivity index (χ2n) is 1.83. The Morgan fingerprint density at radius 1 is 1.25 bits per heavy atom. The second kappa shape index (κ2) is 8.62. The van der Waals surface area contributed by atoms with Crippen molar-refractivity contribution in [1.29, 1.82) is 0 Å². The molecule has 0 bridgehead atoms. The number of carbonyl (C=O) groups is 1. The summed E-state index contributed by atoms with van der Waals surface area (Å²) < 4.78 is 14.1. The molecule has 0 saturated carbocycles. The summed E-state index contributed by atoms with van der Waals surface area (Å²) in [4.78, 5) is 10.5. The van der Waals surface area contributed by atoms with Gasteiger partial charge in [0.25, 0.3) is 0 Å². The van der Waals surface area contributed by atoms with Crippen LogP contribution in [-0.4, -0.2) is 38.5 Å². The maximum absolute atomic E-state index is 10.5. The number of halogens is 1. The first-order chi connectivity index (χ1) is 5.81. The van der Waals surface area contributed by atoms with Crippen molar-refractivity contribution in [3.05, 3.63) is 0 Å². The molecule has 0 fully saturated rings. The second-order valence-corrected chi connectivity index (χ2v) is 2.21. The summed E-state index contributed by atoms with van der Waals surface area (Å²) in [5, 5.41) is 0. The van der Waals surface area contributed by atoms with E-state index in [0.717, 1.165) is 0 Å². The lowest BCUT2D eigenvalue weighted by molar-refractivity contribution is 0.0322. The molecular formula is C7H13ClO4. The van der Waals surface area contributed by atoms with E-state index in [1.165, 1.54) is 0 Å². The molecule has 4 nitrogen and oxygen atoms in total. The lowest BCUT2D eigenvalue weighted by atomic mass is 10.7. The highest BCUT2D eigenvalue weighted by Gasteiger charge is 1.99. The van der Waals surface area contributed by atoms with E-state index in [4.69, 9.17) is 16.3 Å². The van der Waals surface area contributed by atoms with Crippen LogP contribution in [0.3, 0.4) is 0 Å². The number of rotatable bonds is 6. The van der Waals surface area contributed by atoms with E-state index in [1.54, 1.807) is 6.92 Å². The standard InChI is InChI=1S/C7H13ClO4/c1-2-11-7(9)12-6-5-10-4-3-8/h2-6H2,1H3. The van der Waals surface area contributed by atoms with Gasteiger partial charge in [0.1, 0.15) is 6.61 Å². The highest BCUT2D eigenvalue weighted by Crippen LogP contribution is 1.85. The summed E-state index contributed by atoms with van der Waals surface area (Å²) in [7, 11) is 0. The maximum Gasteiger partial charge on any atom is 0.508 e. The molecule has 0 N–H and O–H groups in total. The van der Waals surface area contributed by atoms with Gasteiger partial charge in [-0.1, -0.05) is 0 Å². The van der Waals surface area contributed by atoms with Gasteiger partial charge in [-0.2, -0.15) is 0 Å². The number of ether oxygens (including phenoxy) is 3. The van der Waals surface area contributed by atoms with Crippen molar-refractivity contribution in [1.82, 2.24) is 0 Å². The molecule has 0 rings (SSSR count). The molecule has 0 heterocycles. The van der Waals surface area contributed by atoms with Crippen LogP contribution in [-0.2, 0) is 14.2 Å². The number of carbonyl (C=O) groups excluding carboxylic acids is 1. The molecule has 0 saturated heterocycles. The first-order valence-corrected chi connectivity index (χ1v) is 4.28. The molecule has 0 spiro atoms. The Morgan fingerprint density at radius 3 is 2.58 bits per heavy atom. The van der Waals surface area contributed by atoms with Crippen LogP contribution >= 0.6 is 11.6 Å². The minimum absolute atomic E-state index is 0.204. The van der Waals surface area contributed by atoms with Gasteiger partial charge in [-0.15, -0.1) is 11.6 Å². The third-order valence-electron chi connectivity index (χ3n) is 0.931. The van der Waals surface area contributed by atoms with Crippen molar-refractivity contribution in [2.75, 3.05) is 32.3 Å². The van der Waals surface area contributed by atoms with Crippen LogP contribution in [0.1, 0.15) is 6.92 Å². The van der Waals surface area contributed by atoms with E-state index in [1.807, 2.05) is 0 Å². The average Bonchev–Trinajstić information content (AvgIpc) is 2.05. The number of hydrogen-bond acceptors (Lipinski definition) is 4. The third kappa shape index (κ3) is 7.63. The molecule has 72 valence electrons. The lowest BCUT2D eigenvalue weighted by Crippen LogP contribution is -2.12. The van der Waals surface area contributed by atoms with Crippen molar-refractivity contribution in [2.45, 2.75) is 6.92 Å². The SMILES string of the molecule is CCOC(=O)OCCOCCCl. The van der Waals surface area contributed by atoms with Gasteiger partial charge in [-0.3, -0.25) is 0 Å². The summed E-state index contributed by atoms with van der Waals surface area (Å²) in [6.45, 7) is 3.06. The van der Waals surface area contributed by atoms with Crippen molar-refractivity contribution >= 4 is 17.8 Å². The van der Waals surface area contributed by atoms with Gasteiger partial charge in [0.2, 0.25) is 0 Å². The van der Waals surface area contributed by atoms with Crippen LogP contribution in [0, 0.1) is 0 Å². The van der Waals surface area contributed by atoms with Gasteiger partial charge in [0.15, 0.2) is 0 Å². The normalized spacial score (nSPS) is 9.50. The highest BCUT2D eigenvalue weighted by atomic mass is 35.5. The lowest BCUT2D eigenvalue weighted by Gasteiger charge is -2.03. The molecule has 0 aliphatic heterocycles. The zero-order valence-electron chi connectivity index (χ0n) is 7.05. The van der Waals surface area contributed by atoms with Crippen molar-refractivity contribution < 1.29 is 19.0 Å². The Kier molecular flexibility index (Phi) is 8.27. The van der Waals surface area contributed by atoms with Gasteiger partial charge in [-0.25, -0.2) is 4.79 Å². The van der Waals surface area contributed by atoms with E-state index in [-0.39, 0.29) is 6.61 Å². The Bertz CT molecular complexity index is 118. The van der Waals surface area contributed by atoms with Gasteiger partial charge >= 0.3 is 6.16 Å². The fourth-order valence-electron chi connectivity index (χ4n) is 0.500. The van der Waals surface area contributed by atoms with Gasteiger partial charge < -0.3 is 14.2 Å². The predicted molar refractivity (Wildman–Crippen MR) is 44.5 cm³/mol. The summed E-state index contributed by atoms with van der Waals surface area (Å²) in [6, 6.07) is 0. The molecule has 5 heteroatoms. The van der Waals surface area contributed by atoms with Gasteiger partial charge in [0.05, 0.1) is 19.8 Å². The van der Waals surface area contributed by atoms with Crippen molar-refractivity contribution in [3.8, 4) is 0 Å². The van der Waals surface area contributed by atoms with Crippen LogP contribution in [0.4, 0.5) is 4.79 Å². The van der Waals surface area contributed by atoms with E-state index >= 15 is 0 Å². The first-order valence-electron chi connectivity index (χ1n) is 3.74. The van der Waals surface area contributed by atoms with Crippen LogP contribution in [0.5, 0.6) is 0 Å². The number of hydrogen-bond donors (Lipinski definition) is 0. The Hall–Kier alpha value is -0.480. The fraction of sp³-hybridized carbons (Fsp3) is 0.857. The van der Waals surface area contributed by atoms with Crippen LogP contribution < -0.4 is 0 Å². The minimum atomic E-state index is -0.660. The molecule has 0 amide bonds. The van der Waals surface area contributed by atoms with Crippen molar-refractivity contribution in [2.24, 2.45) is 0 Å². The minimum Gasteiger partial charge on any atom is -0.435 e. The average molecular weight is 197 g/mol. The third-order valence-corrected chi connectivity index (χ3v) is 1.09. The Labute approximate surface area is 76.7 Å². The molecule has 0 unspecified atom stereocenters. The zero-order chi connectivity index (χ0) is 9.23. The fourth-order valence-corrected chi connectivity index (χ4v) is 0.609. The van der Waals surface area contributed by atoms with E-state index in [9.17, 15) is 4.79 Å². The number of alkyl halides is 1. The molecule has 0 aromatic rings. The Balaban J connectivity index is 3.03. The molecule has 0 radical (unpaired) electrons. The van der Waals surface area contributed by atoms with Gasteiger partial charge in [0, 0.05) is 5.88 Å². The molecule has 0 aromatic heterocycles. The molecule has 0 aromatic carbocycles.